The van der Waals surface area contributed by atoms with Gasteiger partial charge in [-0.05, 0) is 18.6 Å². The summed E-state index contributed by atoms with van der Waals surface area (Å²) >= 11 is 7.55. The molecule has 1 heterocycles. The van der Waals surface area contributed by atoms with Crippen LogP contribution in [0.4, 0.5) is 4.79 Å². The predicted molar refractivity (Wildman–Crippen MR) is 77.3 cm³/mol. The van der Waals surface area contributed by atoms with Crippen LogP contribution in [-0.4, -0.2) is 35.2 Å². The van der Waals surface area contributed by atoms with Crippen LogP contribution in [0.25, 0.3) is 0 Å². The Hall–Kier alpha value is -1.20. The van der Waals surface area contributed by atoms with Gasteiger partial charge in [-0.15, -0.1) is 11.8 Å². The van der Waals surface area contributed by atoms with E-state index in [0.29, 0.717) is 23.9 Å². The fourth-order valence-electron chi connectivity index (χ4n) is 1.80. The van der Waals surface area contributed by atoms with Gasteiger partial charge in [-0.25, -0.2) is 4.79 Å². The molecule has 0 aromatic heterocycles. The van der Waals surface area contributed by atoms with Gasteiger partial charge in [-0.1, -0.05) is 29.8 Å². The van der Waals surface area contributed by atoms with Crippen molar-refractivity contribution in [3.63, 3.8) is 0 Å². The number of amides is 3. The third-order valence-corrected chi connectivity index (χ3v) is 4.47. The molecule has 1 aliphatic rings. The predicted octanol–water partition coefficient (Wildman–Crippen LogP) is 2.51. The number of halogens is 1. The lowest BCUT2D eigenvalue weighted by Gasteiger charge is -2.17. The largest absolute Gasteiger partial charge is 0.336 e. The SMILES string of the molecule is C[C@@H](SCc1ccccc1Cl)C(=O)N1CCNC1=O. The Morgan fingerprint density at radius 1 is 1.53 bits per heavy atom. The van der Waals surface area contributed by atoms with Crippen LogP contribution in [0.2, 0.25) is 5.02 Å². The first-order valence-electron chi connectivity index (χ1n) is 6.04. The van der Waals surface area contributed by atoms with Gasteiger partial charge < -0.3 is 5.32 Å². The van der Waals surface area contributed by atoms with Crippen LogP contribution in [0.3, 0.4) is 0 Å². The van der Waals surface area contributed by atoms with E-state index in [1.165, 1.54) is 16.7 Å². The minimum atomic E-state index is -0.296. The molecule has 1 N–H and O–H groups in total. The topological polar surface area (TPSA) is 49.4 Å². The van der Waals surface area contributed by atoms with Gasteiger partial charge >= 0.3 is 6.03 Å². The maximum absolute atomic E-state index is 12.1. The number of urea groups is 1. The smallest absolute Gasteiger partial charge is 0.324 e. The van der Waals surface area contributed by atoms with Crippen molar-refractivity contribution in [2.75, 3.05) is 13.1 Å². The minimum absolute atomic E-state index is 0.146. The van der Waals surface area contributed by atoms with E-state index in [4.69, 9.17) is 11.6 Å². The fourth-order valence-corrected chi connectivity index (χ4v) is 3.04. The number of carbonyl (C=O) groups is 2. The lowest BCUT2D eigenvalue weighted by atomic mass is 10.2. The van der Waals surface area contributed by atoms with E-state index in [9.17, 15) is 9.59 Å². The highest BCUT2D eigenvalue weighted by Gasteiger charge is 2.29. The van der Waals surface area contributed by atoms with E-state index < -0.39 is 0 Å². The molecule has 3 amide bonds. The quantitative estimate of drug-likeness (QED) is 0.929. The molecule has 1 saturated heterocycles. The number of hydrogen-bond acceptors (Lipinski definition) is 3. The second-order valence-electron chi connectivity index (χ2n) is 4.27. The number of benzene rings is 1. The Morgan fingerprint density at radius 2 is 2.26 bits per heavy atom. The first-order valence-corrected chi connectivity index (χ1v) is 7.46. The number of imide groups is 1. The van der Waals surface area contributed by atoms with Gasteiger partial charge in [0.2, 0.25) is 5.91 Å². The normalized spacial score (nSPS) is 16.3. The lowest BCUT2D eigenvalue weighted by molar-refractivity contribution is -0.126. The number of carbonyl (C=O) groups excluding carboxylic acids is 2. The van der Waals surface area contributed by atoms with Gasteiger partial charge in [0.1, 0.15) is 0 Å². The highest BCUT2D eigenvalue weighted by molar-refractivity contribution is 7.99. The highest BCUT2D eigenvalue weighted by Crippen LogP contribution is 2.24. The highest BCUT2D eigenvalue weighted by atomic mass is 35.5. The van der Waals surface area contributed by atoms with E-state index in [1.54, 1.807) is 0 Å². The molecule has 1 aliphatic heterocycles. The molecular formula is C13H15ClN2O2S. The third-order valence-electron chi connectivity index (χ3n) is 2.92. The van der Waals surface area contributed by atoms with Gasteiger partial charge in [0.05, 0.1) is 5.25 Å². The summed E-state index contributed by atoms with van der Waals surface area (Å²) in [5.41, 5.74) is 1.000. The molecule has 6 heteroatoms. The molecule has 1 aromatic rings. The van der Waals surface area contributed by atoms with Crippen molar-refractivity contribution in [2.45, 2.75) is 17.9 Å². The minimum Gasteiger partial charge on any atom is -0.336 e. The Bertz CT molecular complexity index is 495. The molecule has 102 valence electrons. The molecular weight excluding hydrogens is 284 g/mol. The molecule has 1 fully saturated rings. The summed E-state index contributed by atoms with van der Waals surface area (Å²) in [4.78, 5) is 24.8. The number of nitrogens with one attached hydrogen (secondary N) is 1. The third kappa shape index (κ3) is 3.42. The molecule has 0 spiro atoms. The monoisotopic (exact) mass is 298 g/mol. The molecule has 0 unspecified atom stereocenters. The van der Waals surface area contributed by atoms with Gasteiger partial charge in [0.25, 0.3) is 0 Å². The summed E-state index contributed by atoms with van der Waals surface area (Å²) in [5, 5.41) is 3.06. The van der Waals surface area contributed by atoms with Crippen LogP contribution in [0.1, 0.15) is 12.5 Å². The van der Waals surface area contributed by atoms with E-state index >= 15 is 0 Å². The molecule has 0 bridgehead atoms. The second-order valence-corrected chi connectivity index (χ2v) is 6.00. The molecule has 0 aliphatic carbocycles. The van der Waals surface area contributed by atoms with Crippen molar-refractivity contribution >= 4 is 35.3 Å². The Balaban J connectivity index is 1.91. The summed E-state index contributed by atoms with van der Waals surface area (Å²) in [6.07, 6.45) is 0. The zero-order valence-corrected chi connectivity index (χ0v) is 12.1. The number of thioether (sulfide) groups is 1. The summed E-state index contributed by atoms with van der Waals surface area (Å²) < 4.78 is 0. The molecule has 19 heavy (non-hydrogen) atoms. The maximum Gasteiger partial charge on any atom is 0.324 e. The first kappa shape index (κ1) is 14.2. The van der Waals surface area contributed by atoms with Gasteiger partial charge in [-0.3, -0.25) is 9.69 Å². The van der Waals surface area contributed by atoms with Crippen molar-refractivity contribution in [1.82, 2.24) is 10.2 Å². The molecule has 0 radical (unpaired) electrons. The lowest BCUT2D eigenvalue weighted by Crippen LogP contribution is -2.39. The summed E-state index contributed by atoms with van der Waals surface area (Å²) in [7, 11) is 0. The Kier molecular flexibility index (Phi) is 4.71. The number of hydrogen-bond donors (Lipinski definition) is 1. The molecule has 4 nitrogen and oxygen atoms in total. The molecule has 1 aromatic carbocycles. The second kappa shape index (κ2) is 6.30. The van der Waals surface area contributed by atoms with Gasteiger partial charge in [-0.2, -0.15) is 0 Å². The molecule has 2 rings (SSSR count). The van der Waals surface area contributed by atoms with Gasteiger partial charge in [0, 0.05) is 23.9 Å². The average molecular weight is 299 g/mol. The van der Waals surface area contributed by atoms with Crippen molar-refractivity contribution < 1.29 is 9.59 Å². The Morgan fingerprint density at radius 3 is 2.89 bits per heavy atom. The van der Waals surface area contributed by atoms with Crippen molar-refractivity contribution in [3.8, 4) is 0 Å². The summed E-state index contributed by atoms with van der Waals surface area (Å²) in [6.45, 7) is 2.80. The number of nitrogens with zero attached hydrogens (tertiary/aromatic N) is 1. The average Bonchev–Trinajstić information content (AvgIpc) is 2.83. The van der Waals surface area contributed by atoms with Crippen LogP contribution in [0, 0.1) is 0 Å². The zero-order chi connectivity index (χ0) is 13.8. The summed E-state index contributed by atoms with van der Waals surface area (Å²) in [5.74, 6) is 0.509. The van der Waals surface area contributed by atoms with Crippen LogP contribution < -0.4 is 5.32 Å². The summed E-state index contributed by atoms with van der Waals surface area (Å²) in [6, 6.07) is 7.27. The van der Waals surface area contributed by atoms with E-state index in [1.807, 2.05) is 31.2 Å². The van der Waals surface area contributed by atoms with E-state index in [2.05, 4.69) is 5.32 Å². The van der Waals surface area contributed by atoms with Crippen LogP contribution in [0.5, 0.6) is 0 Å². The standard InChI is InChI=1S/C13H15ClN2O2S/c1-9(12(17)16-7-6-15-13(16)18)19-8-10-4-2-3-5-11(10)14/h2-5,9H,6-8H2,1H3,(H,15,18)/t9-/m1/s1. The Labute approximate surface area is 121 Å². The number of rotatable bonds is 4. The maximum atomic E-state index is 12.1. The molecule has 0 saturated carbocycles. The van der Waals surface area contributed by atoms with Crippen LogP contribution in [0.15, 0.2) is 24.3 Å². The van der Waals surface area contributed by atoms with Crippen LogP contribution >= 0.6 is 23.4 Å². The van der Waals surface area contributed by atoms with E-state index in [0.717, 1.165) is 5.56 Å². The zero-order valence-electron chi connectivity index (χ0n) is 10.6. The van der Waals surface area contributed by atoms with Crippen molar-refractivity contribution in [1.29, 1.82) is 0 Å². The van der Waals surface area contributed by atoms with Crippen molar-refractivity contribution in [2.24, 2.45) is 0 Å². The van der Waals surface area contributed by atoms with Crippen molar-refractivity contribution in [3.05, 3.63) is 34.9 Å². The van der Waals surface area contributed by atoms with E-state index in [-0.39, 0.29) is 17.2 Å². The first-order chi connectivity index (χ1) is 9.09. The molecule has 1 atom stereocenters. The van der Waals surface area contributed by atoms with Crippen LogP contribution in [-0.2, 0) is 10.5 Å². The van der Waals surface area contributed by atoms with Gasteiger partial charge in [0.15, 0.2) is 0 Å². The fraction of sp³-hybridized carbons (Fsp3) is 0.385.